The Morgan fingerprint density at radius 2 is 1.86 bits per heavy atom. The second-order valence-electron chi connectivity index (χ2n) is 6.54. The van der Waals surface area contributed by atoms with E-state index in [2.05, 4.69) is 10.3 Å². The van der Waals surface area contributed by atoms with Crippen LogP contribution in [0.5, 0.6) is 5.75 Å². The molecule has 0 aliphatic carbocycles. The number of rotatable bonds is 8. The third-order valence-corrected chi connectivity index (χ3v) is 4.57. The van der Waals surface area contributed by atoms with Crippen molar-refractivity contribution < 1.29 is 9.53 Å². The first-order valence-electron chi connectivity index (χ1n) is 9.36. The highest BCUT2D eigenvalue weighted by Gasteiger charge is 2.07. The monoisotopic (exact) mass is 411 g/mol. The van der Waals surface area contributed by atoms with Gasteiger partial charge in [-0.1, -0.05) is 30.3 Å². The lowest BCUT2D eigenvalue weighted by Crippen LogP contribution is -2.24. The van der Waals surface area contributed by atoms with E-state index in [1.165, 1.54) is 5.56 Å². The van der Waals surface area contributed by atoms with Gasteiger partial charge in [0.1, 0.15) is 5.75 Å². The van der Waals surface area contributed by atoms with Gasteiger partial charge in [-0.3, -0.25) is 9.78 Å². The minimum Gasteiger partial charge on any atom is -0.497 e. The van der Waals surface area contributed by atoms with Gasteiger partial charge in [-0.2, -0.15) is 0 Å². The molecular formula is C23H26ClN3O2. The third kappa shape index (κ3) is 6.31. The molecule has 3 aromatic rings. The highest BCUT2D eigenvalue weighted by molar-refractivity contribution is 5.94. The quantitative estimate of drug-likeness (QED) is 0.549. The average molecular weight is 412 g/mol. The number of carbonyl (C=O) groups excluding carboxylic acids is 1. The summed E-state index contributed by atoms with van der Waals surface area (Å²) < 4.78 is 5.15. The van der Waals surface area contributed by atoms with Gasteiger partial charge in [-0.15, -0.1) is 12.4 Å². The first kappa shape index (κ1) is 22.4. The van der Waals surface area contributed by atoms with Crippen LogP contribution >= 0.6 is 12.4 Å². The molecule has 1 aromatic heterocycles. The first-order valence-corrected chi connectivity index (χ1v) is 9.36. The van der Waals surface area contributed by atoms with Crippen LogP contribution in [0.2, 0.25) is 0 Å². The number of ether oxygens (including phenoxy) is 1. The Morgan fingerprint density at radius 3 is 2.52 bits per heavy atom. The van der Waals surface area contributed by atoms with E-state index >= 15 is 0 Å². The van der Waals surface area contributed by atoms with Crippen LogP contribution < -0.4 is 15.8 Å². The van der Waals surface area contributed by atoms with Gasteiger partial charge in [0.15, 0.2) is 0 Å². The van der Waals surface area contributed by atoms with E-state index in [-0.39, 0.29) is 18.3 Å². The fraction of sp³-hybridized carbons (Fsp3) is 0.217. The summed E-state index contributed by atoms with van der Waals surface area (Å²) in [7, 11) is 1.66. The maximum Gasteiger partial charge on any atom is 0.252 e. The maximum atomic E-state index is 12.3. The van der Waals surface area contributed by atoms with Gasteiger partial charge in [-0.25, -0.2) is 0 Å². The van der Waals surface area contributed by atoms with Gasteiger partial charge in [0.25, 0.3) is 5.91 Å². The molecule has 0 bridgehead atoms. The predicted molar refractivity (Wildman–Crippen MR) is 118 cm³/mol. The van der Waals surface area contributed by atoms with Crippen molar-refractivity contribution >= 4 is 18.3 Å². The van der Waals surface area contributed by atoms with Crippen LogP contribution in [0.3, 0.4) is 0 Å². The summed E-state index contributed by atoms with van der Waals surface area (Å²) >= 11 is 0. The van der Waals surface area contributed by atoms with E-state index in [1.54, 1.807) is 19.4 Å². The molecule has 29 heavy (non-hydrogen) atoms. The van der Waals surface area contributed by atoms with Crippen molar-refractivity contribution in [1.82, 2.24) is 10.3 Å². The number of benzene rings is 2. The molecule has 1 heterocycles. The van der Waals surface area contributed by atoms with Crippen molar-refractivity contribution in [3.05, 3.63) is 83.6 Å². The topological polar surface area (TPSA) is 77.2 Å². The first-order chi connectivity index (χ1) is 13.7. The molecule has 3 N–H and O–H groups in total. The summed E-state index contributed by atoms with van der Waals surface area (Å²) in [5.41, 5.74) is 10.3. The van der Waals surface area contributed by atoms with Gasteiger partial charge < -0.3 is 15.8 Å². The fourth-order valence-corrected chi connectivity index (χ4v) is 2.95. The number of carbonyl (C=O) groups is 1. The van der Waals surface area contributed by atoms with Gasteiger partial charge in [0.05, 0.1) is 18.4 Å². The van der Waals surface area contributed by atoms with Crippen LogP contribution in [0.4, 0.5) is 0 Å². The standard InChI is InChI=1S/C23H25N3O2.ClH/c1-28-21-10-7-17(8-11-21)5-3-13-25-23(27)20-9-12-22(26-16-20)19-6-2-4-18(14-19)15-24;/h2,4,6-12,14,16H,3,5,13,15,24H2,1H3,(H,25,27);1H. The number of amides is 1. The molecule has 0 saturated carbocycles. The molecule has 0 aliphatic rings. The normalized spacial score (nSPS) is 10.1. The number of hydrogen-bond donors (Lipinski definition) is 2. The molecule has 3 rings (SSSR count). The number of aryl methyl sites for hydroxylation is 1. The molecule has 0 fully saturated rings. The maximum absolute atomic E-state index is 12.3. The van der Waals surface area contributed by atoms with E-state index in [9.17, 15) is 4.79 Å². The van der Waals surface area contributed by atoms with Crippen molar-refractivity contribution in [3.8, 4) is 17.0 Å². The van der Waals surface area contributed by atoms with Crippen LogP contribution in [0, 0.1) is 0 Å². The summed E-state index contributed by atoms with van der Waals surface area (Å²) in [5.74, 6) is 0.743. The van der Waals surface area contributed by atoms with Gasteiger partial charge in [0.2, 0.25) is 0 Å². The van der Waals surface area contributed by atoms with Crippen LogP contribution in [0.1, 0.15) is 27.9 Å². The molecule has 1 amide bonds. The van der Waals surface area contributed by atoms with Gasteiger partial charge >= 0.3 is 0 Å². The third-order valence-electron chi connectivity index (χ3n) is 4.57. The van der Waals surface area contributed by atoms with Crippen molar-refractivity contribution in [3.63, 3.8) is 0 Å². The lowest BCUT2D eigenvalue weighted by atomic mass is 10.1. The number of methoxy groups -OCH3 is 1. The van der Waals surface area contributed by atoms with Crippen molar-refractivity contribution in [2.45, 2.75) is 19.4 Å². The molecule has 5 nitrogen and oxygen atoms in total. The summed E-state index contributed by atoms with van der Waals surface area (Å²) in [6.45, 7) is 1.11. The molecule has 2 aromatic carbocycles. The van der Waals surface area contributed by atoms with Crippen molar-refractivity contribution in [2.75, 3.05) is 13.7 Å². The molecule has 0 saturated heterocycles. The van der Waals surface area contributed by atoms with Crippen LogP contribution in [0.25, 0.3) is 11.3 Å². The zero-order valence-corrected chi connectivity index (χ0v) is 17.2. The van der Waals surface area contributed by atoms with Gasteiger partial charge in [0, 0.05) is 24.8 Å². The Balaban J connectivity index is 0.00000300. The van der Waals surface area contributed by atoms with E-state index in [4.69, 9.17) is 10.5 Å². The number of pyridine rings is 1. The zero-order chi connectivity index (χ0) is 19.8. The lowest BCUT2D eigenvalue weighted by molar-refractivity contribution is 0.0953. The SMILES string of the molecule is COc1ccc(CCCNC(=O)c2ccc(-c3cccc(CN)c3)nc2)cc1.Cl. The van der Waals surface area contributed by atoms with Crippen molar-refractivity contribution in [2.24, 2.45) is 5.73 Å². The lowest BCUT2D eigenvalue weighted by Gasteiger charge is -2.07. The number of nitrogens with one attached hydrogen (secondary N) is 1. The molecule has 0 atom stereocenters. The molecule has 152 valence electrons. The summed E-state index contributed by atoms with van der Waals surface area (Å²) in [6, 6.07) is 19.6. The predicted octanol–water partition coefficient (Wildman–Crippen LogP) is 4.00. The Kier molecular flexibility index (Phi) is 8.65. The average Bonchev–Trinajstić information content (AvgIpc) is 2.77. The molecular weight excluding hydrogens is 386 g/mol. The summed E-state index contributed by atoms with van der Waals surface area (Å²) in [5, 5.41) is 2.95. The molecule has 0 radical (unpaired) electrons. The molecule has 0 aliphatic heterocycles. The number of aromatic nitrogens is 1. The van der Waals surface area contributed by atoms with Gasteiger partial charge in [-0.05, 0) is 54.3 Å². The zero-order valence-electron chi connectivity index (χ0n) is 16.4. The Bertz CT molecular complexity index is 912. The number of nitrogens with two attached hydrogens (primary N) is 1. The smallest absolute Gasteiger partial charge is 0.252 e. The van der Waals surface area contributed by atoms with E-state index in [0.29, 0.717) is 18.7 Å². The second-order valence-corrected chi connectivity index (χ2v) is 6.54. The Morgan fingerprint density at radius 1 is 1.07 bits per heavy atom. The van der Waals surface area contributed by atoms with E-state index in [0.717, 1.165) is 35.4 Å². The van der Waals surface area contributed by atoms with Crippen LogP contribution in [0.15, 0.2) is 66.9 Å². The Labute approximate surface area is 177 Å². The highest BCUT2D eigenvalue weighted by Crippen LogP contribution is 2.18. The fourth-order valence-electron chi connectivity index (χ4n) is 2.95. The minimum atomic E-state index is -0.107. The largest absolute Gasteiger partial charge is 0.497 e. The van der Waals surface area contributed by atoms with E-state index in [1.807, 2.05) is 54.6 Å². The molecule has 0 spiro atoms. The summed E-state index contributed by atoms with van der Waals surface area (Å²) in [4.78, 5) is 16.7. The number of hydrogen-bond acceptors (Lipinski definition) is 4. The minimum absolute atomic E-state index is 0. The number of halogens is 1. The van der Waals surface area contributed by atoms with E-state index < -0.39 is 0 Å². The van der Waals surface area contributed by atoms with Crippen LogP contribution in [-0.2, 0) is 13.0 Å². The summed E-state index contributed by atoms with van der Waals surface area (Å²) in [6.07, 6.45) is 3.39. The van der Waals surface area contributed by atoms with Crippen molar-refractivity contribution in [1.29, 1.82) is 0 Å². The second kappa shape index (κ2) is 11.2. The molecule has 6 heteroatoms. The highest BCUT2D eigenvalue weighted by atomic mass is 35.5. The Hall–Kier alpha value is -2.89. The molecule has 0 unspecified atom stereocenters. The number of nitrogens with zero attached hydrogens (tertiary/aromatic N) is 1. The van der Waals surface area contributed by atoms with Crippen LogP contribution in [-0.4, -0.2) is 24.5 Å².